The maximum atomic E-state index is 12.8. The lowest BCUT2D eigenvalue weighted by molar-refractivity contribution is -0.115. The Morgan fingerprint density at radius 3 is 2.62 bits per heavy atom. The van der Waals surface area contributed by atoms with E-state index in [4.69, 9.17) is 4.74 Å². The van der Waals surface area contributed by atoms with E-state index in [2.05, 4.69) is 20.8 Å². The number of nitrogens with one attached hydrogen (secondary N) is 1. The van der Waals surface area contributed by atoms with Gasteiger partial charge in [0.2, 0.25) is 11.1 Å². The summed E-state index contributed by atoms with van der Waals surface area (Å²) in [6, 6.07) is 21.2. The third-order valence-corrected chi connectivity index (χ3v) is 5.49. The van der Waals surface area contributed by atoms with Crippen LogP contribution in [0.15, 0.2) is 71.9 Å². The highest BCUT2D eigenvalue weighted by molar-refractivity contribution is 8.00. The molecule has 0 aliphatic rings. The van der Waals surface area contributed by atoms with Gasteiger partial charge in [0.25, 0.3) is 0 Å². The van der Waals surface area contributed by atoms with Crippen molar-refractivity contribution in [1.29, 1.82) is 0 Å². The summed E-state index contributed by atoms with van der Waals surface area (Å²) in [6.45, 7) is 1.83. The molecule has 0 fully saturated rings. The predicted octanol–water partition coefficient (Wildman–Crippen LogP) is 3.94. The van der Waals surface area contributed by atoms with E-state index in [1.54, 1.807) is 11.8 Å². The van der Waals surface area contributed by atoms with E-state index in [-0.39, 0.29) is 5.91 Å². The largest absolute Gasteiger partial charge is 0.497 e. The molecule has 146 valence electrons. The van der Waals surface area contributed by atoms with Crippen LogP contribution in [-0.2, 0) is 4.79 Å². The molecule has 8 heteroatoms. The van der Waals surface area contributed by atoms with Crippen LogP contribution in [0.25, 0.3) is 16.5 Å². The summed E-state index contributed by atoms with van der Waals surface area (Å²) >= 11 is 1.30. The number of hydrogen-bond acceptors (Lipinski definition) is 6. The third-order valence-electron chi connectivity index (χ3n) is 4.46. The molecule has 0 bridgehead atoms. The Balaban J connectivity index is 1.50. The van der Waals surface area contributed by atoms with Gasteiger partial charge in [-0.2, -0.15) is 4.68 Å². The van der Waals surface area contributed by atoms with Crippen LogP contribution < -0.4 is 10.1 Å². The van der Waals surface area contributed by atoms with Crippen molar-refractivity contribution in [2.45, 2.75) is 17.3 Å². The van der Waals surface area contributed by atoms with Crippen LogP contribution in [0.2, 0.25) is 0 Å². The molecule has 3 aromatic carbocycles. The zero-order valence-corrected chi connectivity index (χ0v) is 16.8. The second-order valence-corrected chi connectivity index (χ2v) is 7.66. The highest BCUT2D eigenvalue weighted by Crippen LogP contribution is 2.27. The molecule has 4 aromatic rings. The molecule has 1 heterocycles. The minimum Gasteiger partial charge on any atom is -0.497 e. The van der Waals surface area contributed by atoms with Crippen LogP contribution in [0.3, 0.4) is 0 Å². The lowest BCUT2D eigenvalue weighted by Gasteiger charge is -2.13. The fourth-order valence-electron chi connectivity index (χ4n) is 2.92. The minimum atomic E-state index is -0.392. The van der Waals surface area contributed by atoms with Gasteiger partial charge in [0.1, 0.15) is 5.75 Å². The lowest BCUT2D eigenvalue weighted by atomic mass is 10.1. The van der Waals surface area contributed by atoms with Crippen LogP contribution in [0.1, 0.15) is 6.92 Å². The molecule has 0 radical (unpaired) electrons. The standard InChI is InChI=1S/C21H19N5O2S/c1-14(20(27)22-19-9-5-7-15-6-3-4-8-18(15)19)29-21-23-24-25-26(21)16-10-12-17(28-2)13-11-16/h3-14H,1-2H3,(H,22,27)/t14-/m1/s1. The molecule has 0 aliphatic heterocycles. The van der Waals surface area contributed by atoms with Crippen LogP contribution in [-0.4, -0.2) is 38.5 Å². The summed E-state index contributed by atoms with van der Waals surface area (Å²) in [6.07, 6.45) is 0. The highest BCUT2D eigenvalue weighted by Gasteiger charge is 2.20. The Morgan fingerprint density at radius 2 is 1.83 bits per heavy atom. The molecule has 1 N–H and O–H groups in total. The summed E-state index contributed by atoms with van der Waals surface area (Å²) in [7, 11) is 1.61. The number of rotatable bonds is 6. The number of methoxy groups -OCH3 is 1. The number of carbonyl (C=O) groups excluding carboxylic acids is 1. The normalized spacial score (nSPS) is 11.9. The monoisotopic (exact) mass is 405 g/mol. The number of thioether (sulfide) groups is 1. The molecule has 0 unspecified atom stereocenters. The molecular weight excluding hydrogens is 386 g/mol. The maximum absolute atomic E-state index is 12.8. The Morgan fingerprint density at radius 1 is 1.07 bits per heavy atom. The molecule has 1 atom stereocenters. The number of ether oxygens (including phenoxy) is 1. The molecule has 29 heavy (non-hydrogen) atoms. The van der Waals surface area contributed by atoms with Gasteiger partial charge in [-0.15, -0.1) is 5.10 Å². The van der Waals surface area contributed by atoms with Gasteiger partial charge in [0.05, 0.1) is 18.0 Å². The Labute approximate surface area is 172 Å². The quantitative estimate of drug-likeness (QED) is 0.489. The van der Waals surface area contributed by atoms with E-state index >= 15 is 0 Å². The van der Waals surface area contributed by atoms with E-state index in [1.807, 2.05) is 73.7 Å². The van der Waals surface area contributed by atoms with Crippen molar-refractivity contribution >= 4 is 34.1 Å². The first-order valence-electron chi connectivity index (χ1n) is 9.04. The van der Waals surface area contributed by atoms with Crippen molar-refractivity contribution in [2.24, 2.45) is 0 Å². The second kappa shape index (κ2) is 8.32. The second-order valence-electron chi connectivity index (χ2n) is 6.35. The fourth-order valence-corrected chi connectivity index (χ4v) is 3.73. The molecule has 0 saturated carbocycles. The molecule has 0 saturated heterocycles. The van der Waals surface area contributed by atoms with Gasteiger partial charge in [-0.25, -0.2) is 0 Å². The number of aromatic nitrogens is 4. The van der Waals surface area contributed by atoms with E-state index in [9.17, 15) is 4.79 Å². The van der Waals surface area contributed by atoms with Crippen molar-refractivity contribution in [2.75, 3.05) is 12.4 Å². The van der Waals surface area contributed by atoms with Gasteiger partial charge in [-0.3, -0.25) is 4.79 Å². The van der Waals surface area contributed by atoms with E-state index in [0.717, 1.165) is 27.9 Å². The van der Waals surface area contributed by atoms with Crippen LogP contribution in [0.5, 0.6) is 5.75 Å². The van der Waals surface area contributed by atoms with E-state index in [1.165, 1.54) is 11.8 Å². The lowest BCUT2D eigenvalue weighted by Crippen LogP contribution is -2.23. The van der Waals surface area contributed by atoms with Gasteiger partial charge in [0, 0.05) is 11.1 Å². The summed E-state index contributed by atoms with van der Waals surface area (Å²) in [5, 5.41) is 17.1. The van der Waals surface area contributed by atoms with Gasteiger partial charge in [-0.1, -0.05) is 48.2 Å². The number of fused-ring (bicyclic) bond motifs is 1. The minimum absolute atomic E-state index is 0.115. The number of benzene rings is 3. The third kappa shape index (κ3) is 4.07. The Hall–Kier alpha value is -3.39. The number of tetrazole rings is 1. The SMILES string of the molecule is COc1ccc(-n2nnnc2S[C@H](C)C(=O)Nc2cccc3ccccc23)cc1. The van der Waals surface area contributed by atoms with Gasteiger partial charge < -0.3 is 10.1 Å². The van der Waals surface area contributed by atoms with Crippen molar-refractivity contribution in [3.63, 3.8) is 0 Å². The topological polar surface area (TPSA) is 81.9 Å². The van der Waals surface area contributed by atoms with Crippen molar-refractivity contribution in [1.82, 2.24) is 20.2 Å². The first-order valence-corrected chi connectivity index (χ1v) is 9.92. The molecule has 0 spiro atoms. The molecule has 4 rings (SSSR count). The van der Waals surface area contributed by atoms with E-state index < -0.39 is 5.25 Å². The van der Waals surface area contributed by atoms with Crippen molar-refractivity contribution < 1.29 is 9.53 Å². The van der Waals surface area contributed by atoms with Gasteiger partial charge in [-0.05, 0) is 53.1 Å². The van der Waals surface area contributed by atoms with E-state index in [0.29, 0.717) is 5.16 Å². The highest BCUT2D eigenvalue weighted by atomic mass is 32.2. The predicted molar refractivity (Wildman–Crippen MR) is 114 cm³/mol. The molecule has 1 amide bonds. The summed E-state index contributed by atoms with van der Waals surface area (Å²) < 4.78 is 6.78. The zero-order chi connectivity index (χ0) is 20.2. The zero-order valence-electron chi connectivity index (χ0n) is 15.9. The summed E-state index contributed by atoms with van der Waals surface area (Å²) in [5.41, 5.74) is 1.58. The van der Waals surface area contributed by atoms with Gasteiger partial charge >= 0.3 is 0 Å². The first kappa shape index (κ1) is 18.9. The average Bonchev–Trinajstić information content (AvgIpc) is 3.22. The number of nitrogens with zero attached hydrogens (tertiary/aromatic N) is 4. The molecule has 0 aliphatic carbocycles. The van der Waals surface area contributed by atoms with Gasteiger partial charge in [0.15, 0.2) is 0 Å². The fraction of sp³-hybridized carbons (Fsp3) is 0.143. The van der Waals surface area contributed by atoms with Crippen molar-refractivity contribution in [3.8, 4) is 11.4 Å². The van der Waals surface area contributed by atoms with Crippen LogP contribution in [0, 0.1) is 0 Å². The summed E-state index contributed by atoms with van der Waals surface area (Å²) in [5.74, 6) is 0.634. The maximum Gasteiger partial charge on any atom is 0.237 e. The van der Waals surface area contributed by atoms with Crippen LogP contribution in [0.4, 0.5) is 5.69 Å². The van der Waals surface area contributed by atoms with Crippen LogP contribution >= 0.6 is 11.8 Å². The summed E-state index contributed by atoms with van der Waals surface area (Å²) in [4.78, 5) is 12.8. The number of carbonyl (C=O) groups is 1. The molecule has 1 aromatic heterocycles. The number of hydrogen-bond donors (Lipinski definition) is 1. The Kier molecular flexibility index (Phi) is 5.44. The molecular formula is C21H19N5O2S. The first-order chi connectivity index (χ1) is 14.2. The number of anilines is 1. The molecule has 7 nitrogen and oxygen atoms in total. The Bertz CT molecular complexity index is 1140. The van der Waals surface area contributed by atoms with Crippen molar-refractivity contribution in [3.05, 3.63) is 66.7 Å². The average molecular weight is 405 g/mol. The number of amides is 1. The smallest absolute Gasteiger partial charge is 0.237 e.